The molecule has 0 amide bonds. The molecular formula is H4Cl4MoO. The van der Waals surface area contributed by atoms with Crippen molar-refractivity contribution in [2.75, 3.05) is 0 Å². The molecule has 0 aromatic carbocycles. The van der Waals surface area contributed by atoms with Gasteiger partial charge in [-0.15, -0.1) is 49.6 Å². The van der Waals surface area contributed by atoms with Crippen LogP contribution in [0.5, 0.6) is 0 Å². The normalized spacial score (nSPS) is 0.667. The fourth-order valence-corrected chi connectivity index (χ4v) is 0. The van der Waals surface area contributed by atoms with Gasteiger partial charge < -0.3 is 0 Å². The third-order valence-corrected chi connectivity index (χ3v) is 0. The summed E-state index contributed by atoms with van der Waals surface area (Å²) < 4.78 is 8.26. The first-order chi connectivity index (χ1) is 1.00. The molecule has 0 aromatic heterocycles. The van der Waals surface area contributed by atoms with Crippen LogP contribution in [0.1, 0.15) is 0 Å². The quantitative estimate of drug-likeness (QED) is 0.602. The summed E-state index contributed by atoms with van der Waals surface area (Å²) in [5.41, 5.74) is 0. The Morgan fingerprint density at radius 2 is 0.667 bits per heavy atom. The average molecular weight is 258 g/mol. The Hall–Kier alpha value is 1.65. The molecule has 1 nitrogen and oxygen atoms in total. The van der Waals surface area contributed by atoms with Gasteiger partial charge in [0.1, 0.15) is 0 Å². The molecule has 44 valence electrons. The van der Waals surface area contributed by atoms with E-state index in [1.807, 2.05) is 0 Å². The maximum atomic E-state index is 8.26. The molecule has 0 heterocycles. The van der Waals surface area contributed by atoms with Crippen molar-refractivity contribution in [3.8, 4) is 0 Å². The van der Waals surface area contributed by atoms with Crippen molar-refractivity contribution in [3.05, 3.63) is 0 Å². The Kier molecular flexibility index (Phi) is 627. The zero-order valence-electron chi connectivity index (χ0n) is 2.45. The van der Waals surface area contributed by atoms with Gasteiger partial charge in [-0.05, 0) is 0 Å². The summed E-state index contributed by atoms with van der Waals surface area (Å²) in [7, 11) is 0. The van der Waals surface area contributed by atoms with E-state index in [4.69, 9.17) is 3.40 Å². The van der Waals surface area contributed by atoms with E-state index in [9.17, 15) is 0 Å². The van der Waals surface area contributed by atoms with Gasteiger partial charge in [0.05, 0.1) is 0 Å². The topological polar surface area (TPSA) is 17.1 Å². The monoisotopic (exact) mass is 258 g/mol. The van der Waals surface area contributed by atoms with Crippen molar-refractivity contribution in [1.82, 2.24) is 0 Å². The molecule has 6 heteroatoms. The molecule has 0 N–H and O–H groups in total. The van der Waals surface area contributed by atoms with E-state index in [-0.39, 0.29) is 49.6 Å². The fraction of sp³-hybridized carbons (Fsp3) is 0. The molecule has 0 saturated carbocycles. The molecule has 0 aliphatic rings. The first-order valence-electron chi connectivity index (χ1n) is 0.167. The standard InChI is InChI=1S/4ClH.Mo.O/h4*1H;;. The summed E-state index contributed by atoms with van der Waals surface area (Å²) in [5.74, 6) is 0. The summed E-state index contributed by atoms with van der Waals surface area (Å²) >= 11 is 0.700. The van der Waals surface area contributed by atoms with Crippen LogP contribution in [0.15, 0.2) is 0 Å². The van der Waals surface area contributed by atoms with Crippen molar-refractivity contribution >= 4 is 49.6 Å². The molecule has 0 aliphatic heterocycles. The van der Waals surface area contributed by atoms with E-state index in [0.717, 1.165) is 0 Å². The van der Waals surface area contributed by atoms with Crippen LogP contribution < -0.4 is 0 Å². The van der Waals surface area contributed by atoms with E-state index in [2.05, 4.69) is 0 Å². The predicted molar refractivity (Wildman–Crippen MR) is 29.7 cm³/mol. The molecule has 0 aliphatic carbocycles. The van der Waals surface area contributed by atoms with Gasteiger partial charge in [0.2, 0.25) is 0 Å². The fourth-order valence-electron chi connectivity index (χ4n) is 0. The predicted octanol–water partition coefficient (Wildman–Crippen LogP) is 1.57. The van der Waals surface area contributed by atoms with Crippen molar-refractivity contribution < 1.29 is 23.2 Å². The molecule has 0 aromatic rings. The number of hydrogen-bond acceptors (Lipinski definition) is 1. The first kappa shape index (κ1) is 48.2. The summed E-state index contributed by atoms with van der Waals surface area (Å²) in [6.07, 6.45) is 0. The van der Waals surface area contributed by atoms with Gasteiger partial charge in [0.15, 0.2) is 0 Å². The van der Waals surface area contributed by atoms with Crippen LogP contribution in [0.25, 0.3) is 0 Å². The molecule has 0 bridgehead atoms. The van der Waals surface area contributed by atoms with Gasteiger partial charge in [0.25, 0.3) is 0 Å². The SMILES string of the molecule is Cl.Cl.Cl.Cl.[O]=[Mo]. The van der Waals surface area contributed by atoms with Gasteiger partial charge in [-0.25, -0.2) is 0 Å². The second-order valence-electron chi connectivity index (χ2n) is 0. The Labute approximate surface area is 72.5 Å². The van der Waals surface area contributed by atoms with Crippen molar-refractivity contribution in [2.24, 2.45) is 0 Å². The summed E-state index contributed by atoms with van der Waals surface area (Å²) in [5, 5.41) is 0. The molecule has 0 rings (SSSR count). The van der Waals surface area contributed by atoms with Crippen LogP contribution in [-0.4, -0.2) is 0 Å². The number of halogens is 4. The third-order valence-electron chi connectivity index (χ3n) is 0. The van der Waals surface area contributed by atoms with E-state index < -0.39 is 0 Å². The average Bonchev–Trinajstić information content (AvgIpc) is 1.00. The second kappa shape index (κ2) is 78.1. The van der Waals surface area contributed by atoms with Crippen LogP contribution in [0.4, 0.5) is 0 Å². The number of rotatable bonds is 0. The Balaban J connectivity index is -0.000000000833. The van der Waals surface area contributed by atoms with Gasteiger partial charge in [0, 0.05) is 0 Å². The Morgan fingerprint density at radius 3 is 0.667 bits per heavy atom. The zero-order valence-corrected chi connectivity index (χ0v) is 7.72. The molecule has 0 atom stereocenters. The zero-order chi connectivity index (χ0) is 2.00. The summed E-state index contributed by atoms with van der Waals surface area (Å²) in [4.78, 5) is 0. The molecule has 0 fully saturated rings. The van der Waals surface area contributed by atoms with Gasteiger partial charge in [-0.2, -0.15) is 0 Å². The van der Waals surface area contributed by atoms with E-state index >= 15 is 0 Å². The molecule has 6 heavy (non-hydrogen) atoms. The maximum absolute atomic E-state index is 8.26. The van der Waals surface area contributed by atoms with E-state index in [1.165, 1.54) is 0 Å². The van der Waals surface area contributed by atoms with Gasteiger partial charge in [-0.3, -0.25) is 0 Å². The van der Waals surface area contributed by atoms with Crippen LogP contribution in [-0.2, 0) is 23.2 Å². The minimum absolute atomic E-state index is 0. The summed E-state index contributed by atoms with van der Waals surface area (Å²) in [6.45, 7) is 0. The molecule has 0 spiro atoms. The molecule has 0 radical (unpaired) electrons. The van der Waals surface area contributed by atoms with E-state index in [0.29, 0.717) is 19.8 Å². The Morgan fingerprint density at radius 1 is 0.667 bits per heavy atom. The van der Waals surface area contributed by atoms with Crippen molar-refractivity contribution in [3.63, 3.8) is 0 Å². The number of hydrogen-bond donors (Lipinski definition) is 0. The van der Waals surface area contributed by atoms with E-state index in [1.54, 1.807) is 0 Å². The first-order valence-corrected chi connectivity index (χ1v) is 0.986. The van der Waals surface area contributed by atoms with Crippen LogP contribution in [0.2, 0.25) is 0 Å². The van der Waals surface area contributed by atoms with Crippen LogP contribution in [0, 0.1) is 0 Å². The summed E-state index contributed by atoms with van der Waals surface area (Å²) in [6, 6.07) is 0. The Bertz CT molecular complexity index is 7.51. The molecular weight excluding hydrogens is 254 g/mol. The minimum atomic E-state index is 0. The van der Waals surface area contributed by atoms with Crippen molar-refractivity contribution in [2.45, 2.75) is 0 Å². The van der Waals surface area contributed by atoms with Gasteiger partial charge >= 0.3 is 23.2 Å². The van der Waals surface area contributed by atoms with Crippen molar-refractivity contribution in [1.29, 1.82) is 0 Å². The van der Waals surface area contributed by atoms with Gasteiger partial charge in [-0.1, -0.05) is 0 Å². The third kappa shape index (κ3) is 44.9. The van der Waals surface area contributed by atoms with Crippen LogP contribution in [0.3, 0.4) is 0 Å². The molecule has 0 unspecified atom stereocenters. The molecule has 0 saturated heterocycles. The van der Waals surface area contributed by atoms with Crippen LogP contribution >= 0.6 is 49.6 Å². The second-order valence-corrected chi connectivity index (χ2v) is 0.